The van der Waals surface area contributed by atoms with Crippen molar-refractivity contribution < 1.29 is 8.42 Å². The molecule has 0 aliphatic rings. The molecule has 3 nitrogen and oxygen atoms in total. The van der Waals surface area contributed by atoms with Crippen molar-refractivity contribution in [3.63, 3.8) is 0 Å². The highest BCUT2D eigenvalue weighted by molar-refractivity contribution is 9.10. The molecule has 0 bridgehead atoms. The lowest BCUT2D eigenvalue weighted by atomic mass is 10.4. The predicted octanol–water partition coefficient (Wildman–Crippen LogP) is 4.40. The minimum Gasteiger partial charge on any atom is -0.207 e. The number of hydrogen-bond donors (Lipinski definition) is 0. The van der Waals surface area contributed by atoms with Crippen LogP contribution < -0.4 is 0 Å². The van der Waals surface area contributed by atoms with Crippen molar-refractivity contribution in [3.8, 4) is 0 Å². The number of benzene rings is 1. The van der Waals surface area contributed by atoms with Crippen molar-refractivity contribution in [2.24, 2.45) is 0 Å². The lowest BCUT2D eigenvalue weighted by Crippen LogP contribution is -2.33. The van der Waals surface area contributed by atoms with E-state index in [0.717, 1.165) is 0 Å². The Morgan fingerprint density at radius 3 is 2.16 bits per heavy atom. The van der Waals surface area contributed by atoms with Crippen molar-refractivity contribution >= 4 is 60.8 Å². The van der Waals surface area contributed by atoms with E-state index in [1.807, 2.05) is 6.92 Å². The fourth-order valence-corrected chi connectivity index (χ4v) is 5.32. The quantitative estimate of drug-likeness (QED) is 0.653. The smallest absolute Gasteiger partial charge is 0.207 e. The molecule has 1 aromatic rings. The molecule has 0 aromatic heterocycles. The van der Waals surface area contributed by atoms with Crippen LogP contribution >= 0.6 is 50.7 Å². The van der Waals surface area contributed by atoms with E-state index in [-0.39, 0.29) is 27.4 Å². The zero-order valence-corrected chi connectivity index (χ0v) is 14.8. The van der Waals surface area contributed by atoms with E-state index >= 15 is 0 Å². The van der Waals surface area contributed by atoms with Gasteiger partial charge in [-0.05, 0) is 18.6 Å². The molecule has 0 saturated carbocycles. The number of rotatable bonds is 6. The number of sulfonamides is 1. The first-order valence-electron chi connectivity index (χ1n) is 5.55. The minimum absolute atomic E-state index is 0.0717. The fourth-order valence-electron chi connectivity index (χ4n) is 1.60. The molecule has 8 heteroatoms. The van der Waals surface area contributed by atoms with E-state index in [2.05, 4.69) is 15.9 Å². The molecule has 0 spiro atoms. The fraction of sp³-hybridized carbons (Fsp3) is 0.455. The van der Waals surface area contributed by atoms with Crippen LogP contribution in [0.1, 0.15) is 13.3 Å². The van der Waals surface area contributed by atoms with E-state index in [1.165, 1.54) is 16.4 Å². The van der Waals surface area contributed by atoms with Crippen molar-refractivity contribution in [3.05, 3.63) is 26.7 Å². The Morgan fingerprint density at radius 2 is 1.74 bits per heavy atom. The molecule has 108 valence electrons. The maximum Gasteiger partial charge on any atom is 0.246 e. The summed E-state index contributed by atoms with van der Waals surface area (Å²) >= 11 is 20.9. The predicted molar refractivity (Wildman–Crippen MR) is 83.9 cm³/mol. The van der Waals surface area contributed by atoms with Gasteiger partial charge in [0.15, 0.2) is 0 Å². The van der Waals surface area contributed by atoms with E-state index in [0.29, 0.717) is 17.4 Å². The lowest BCUT2D eigenvalue weighted by Gasteiger charge is -2.22. The van der Waals surface area contributed by atoms with Crippen LogP contribution in [0.4, 0.5) is 0 Å². The van der Waals surface area contributed by atoms with Crippen LogP contribution in [0.2, 0.25) is 10.0 Å². The number of nitrogens with zero attached hydrogens (tertiary/aromatic N) is 1. The van der Waals surface area contributed by atoms with E-state index in [1.54, 1.807) is 0 Å². The molecular weight excluding hydrogens is 396 g/mol. The molecule has 0 saturated heterocycles. The van der Waals surface area contributed by atoms with Gasteiger partial charge < -0.3 is 0 Å². The molecular formula is C11H13BrCl3NO2S. The summed E-state index contributed by atoms with van der Waals surface area (Å²) in [6, 6.07) is 3.01. The second kappa shape index (κ2) is 7.48. The number of hydrogen-bond acceptors (Lipinski definition) is 2. The van der Waals surface area contributed by atoms with Gasteiger partial charge in [0.2, 0.25) is 10.0 Å². The van der Waals surface area contributed by atoms with Crippen LogP contribution in [0.15, 0.2) is 21.5 Å². The summed E-state index contributed by atoms with van der Waals surface area (Å²) in [7, 11) is -3.74. The van der Waals surface area contributed by atoms with Gasteiger partial charge >= 0.3 is 0 Å². The third-order valence-electron chi connectivity index (χ3n) is 2.37. The van der Waals surface area contributed by atoms with Crippen LogP contribution in [0, 0.1) is 0 Å². The summed E-state index contributed by atoms with van der Waals surface area (Å²) < 4.78 is 27.0. The second-order valence-electron chi connectivity index (χ2n) is 3.79. The van der Waals surface area contributed by atoms with Gasteiger partial charge in [0.1, 0.15) is 4.90 Å². The average Bonchev–Trinajstić information content (AvgIpc) is 2.26. The molecule has 0 heterocycles. The maximum atomic E-state index is 12.5. The van der Waals surface area contributed by atoms with Gasteiger partial charge in [0, 0.05) is 23.4 Å². The van der Waals surface area contributed by atoms with Crippen LogP contribution in [0.5, 0.6) is 0 Å². The Bertz CT molecular complexity index is 522. The maximum absolute atomic E-state index is 12.5. The molecule has 19 heavy (non-hydrogen) atoms. The standard InChI is InChI=1S/C11H13BrCl3NO2S/c1-2-4-16(5-3-13)19(17,18)11-9(14)6-8(12)7-10(11)15/h6-7H,2-5H2,1H3. The molecule has 1 aromatic carbocycles. The first kappa shape index (κ1) is 17.5. The van der Waals surface area contributed by atoms with Crippen LogP contribution in [0.25, 0.3) is 0 Å². The Kier molecular flexibility index (Phi) is 6.90. The van der Waals surface area contributed by atoms with Gasteiger partial charge in [0.25, 0.3) is 0 Å². The summed E-state index contributed by atoms with van der Waals surface area (Å²) in [5.41, 5.74) is 0. The first-order chi connectivity index (χ1) is 8.84. The molecule has 0 unspecified atom stereocenters. The van der Waals surface area contributed by atoms with Gasteiger partial charge in [-0.15, -0.1) is 11.6 Å². The van der Waals surface area contributed by atoms with Crippen LogP contribution in [-0.2, 0) is 10.0 Å². The average molecular weight is 410 g/mol. The SMILES string of the molecule is CCCN(CCCl)S(=O)(=O)c1c(Cl)cc(Br)cc1Cl. The summed E-state index contributed by atoms with van der Waals surface area (Å²) in [5, 5.41) is 0.185. The van der Waals surface area contributed by atoms with E-state index in [4.69, 9.17) is 34.8 Å². The van der Waals surface area contributed by atoms with Gasteiger partial charge in [-0.2, -0.15) is 4.31 Å². The largest absolute Gasteiger partial charge is 0.246 e. The highest BCUT2D eigenvalue weighted by Gasteiger charge is 2.28. The first-order valence-corrected chi connectivity index (χ1v) is 9.07. The molecule has 0 aliphatic heterocycles. The Morgan fingerprint density at radius 1 is 1.21 bits per heavy atom. The lowest BCUT2D eigenvalue weighted by molar-refractivity contribution is 0.429. The molecule has 0 atom stereocenters. The highest BCUT2D eigenvalue weighted by Crippen LogP contribution is 2.34. The highest BCUT2D eigenvalue weighted by atomic mass is 79.9. The van der Waals surface area contributed by atoms with Gasteiger partial charge in [-0.1, -0.05) is 46.1 Å². The summed E-state index contributed by atoms with van der Waals surface area (Å²) in [6.07, 6.45) is 0.682. The molecule has 0 amide bonds. The zero-order chi connectivity index (χ0) is 14.6. The van der Waals surface area contributed by atoms with Gasteiger partial charge in [-0.3, -0.25) is 0 Å². The Hall–Kier alpha value is 0.480. The molecule has 0 fully saturated rings. The molecule has 1 rings (SSSR count). The third kappa shape index (κ3) is 4.22. The normalized spacial score (nSPS) is 12.1. The monoisotopic (exact) mass is 407 g/mol. The second-order valence-corrected chi connectivity index (χ2v) is 7.77. The van der Waals surface area contributed by atoms with Crippen molar-refractivity contribution in [2.45, 2.75) is 18.2 Å². The van der Waals surface area contributed by atoms with E-state index < -0.39 is 10.0 Å². The molecule has 0 aliphatic carbocycles. The summed E-state index contributed by atoms with van der Waals surface area (Å²) in [6.45, 7) is 2.49. The number of alkyl halides is 1. The van der Waals surface area contributed by atoms with E-state index in [9.17, 15) is 8.42 Å². The summed E-state index contributed by atoms with van der Waals surface area (Å²) in [5.74, 6) is 0.213. The Labute approximate surface area is 137 Å². The van der Waals surface area contributed by atoms with Crippen molar-refractivity contribution in [1.29, 1.82) is 0 Å². The van der Waals surface area contributed by atoms with Crippen molar-refractivity contribution in [1.82, 2.24) is 4.31 Å². The Balaban J connectivity index is 3.33. The molecule has 0 N–H and O–H groups in total. The summed E-state index contributed by atoms with van der Waals surface area (Å²) in [4.78, 5) is -0.0717. The topological polar surface area (TPSA) is 37.4 Å². The van der Waals surface area contributed by atoms with Crippen LogP contribution in [-0.4, -0.2) is 31.7 Å². The zero-order valence-electron chi connectivity index (χ0n) is 10.2. The third-order valence-corrected chi connectivity index (χ3v) is 5.82. The van der Waals surface area contributed by atoms with Gasteiger partial charge in [0.05, 0.1) is 10.0 Å². The molecule has 0 radical (unpaired) electrons. The van der Waals surface area contributed by atoms with Crippen molar-refractivity contribution in [2.75, 3.05) is 19.0 Å². The minimum atomic E-state index is -3.74. The van der Waals surface area contributed by atoms with Gasteiger partial charge in [-0.25, -0.2) is 8.42 Å². The number of halogens is 4. The van der Waals surface area contributed by atoms with Crippen LogP contribution in [0.3, 0.4) is 0 Å².